The number of anilines is 1. The minimum absolute atomic E-state index is 0.409. The van der Waals surface area contributed by atoms with Crippen molar-refractivity contribution in [3.8, 4) is 0 Å². The van der Waals surface area contributed by atoms with Gasteiger partial charge in [0.15, 0.2) is 0 Å². The highest BCUT2D eigenvalue weighted by Crippen LogP contribution is 2.23. The molecule has 0 saturated carbocycles. The molecule has 7 heteroatoms. The van der Waals surface area contributed by atoms with Gasteiger partial charge in [-0.2, -0.15) is 0 Å². The molecule has 0 spiro atoms. The van der Waals surface area contributed by atoms with Gasteiger partial charge in [-0.25, -0.2) is 9.97 Å². The van der Waals surface area contributed by atoms with E-state index in [4.69, 9.17) is 11.6 Å². The highest BCUT2D eigenvalue weighted by molar-refractivity contribution is 7.11. The summed E-state index contributed by atoms with van der Waals surface area (Å²) >= 11 is 7.67. The molecule has 2 aromatic heterocycles. The molecule has 1 saturated heterocycles. The van der Waals surface area contributed by atoms with E-state index in [-0.39, 0.29) is 0 Å². The molecule has 0 radical (unpaired) electrons. The lowest BCUT2D eigenvalue weighted by molar-refractivity contribution is 0.166. The summed E-state index contributed by atoms with van der Waals surface area (Å²) in [5.41, 5.74) is 0. The zero-order valence-electron chi connectivity index (χ0n) is 12.8. The highest BCUT2D eigenvalue weighted by Gasteiger charge is 2.26. The molecule has 3 heterocycles. The monoisotopic (exact) mass is 337 g/mol. The van der Waals surface area contributed by atoms with Gasteiger partial charge in [-0.1, -0.05) is 18.5 Å². The van der Waals surface area contributed by atoms with Crippen LogP contribution < -0.4 is 5.32 Å². The molecule has 3 rings (SSSR count). The second kappa shape index (κ2) is 6.89. The maximum absolute atomic E-state index is 5.89. The Bertz CT molecular complexity index is 632. The quantitative estimate of drug-likeness (QED) is 0.928. The van der Waals surface area contributed by atoms with Gasteiger partial charge in [0, 0.05) is 36.8 Å². The summed E-state index contributed by atoms with van der Waals surface area (Å²) in [4.78, 5) is 16.5. The van der Waals surface area contributed by atoms with E-state index in [1.165, 1.54) is 4.88 Å². The summed E-state index contributed by atoms with van der Waals surface area (Å²) < 4.78 is 0. The first-order valence-corrected chi connectivity index (χ1v) is 8.67. The predicted octanol–water partition coefficient (Wildman–Crippen LogP) is 3.22. The maximum atomic E-state index is 5.89. The summed E-state index contributed by atoms with van der Waals surface area (Å²) in [7, 11) is 0. The van der Waals surface area contributed by atoms with Crippen LogP contribution in [0.2, 0.25) is 5.15 Å². The minimum atomic E-state index is 0.409. The van der Waals surface area contributed by atoms with Crippen LogP contribution in [0.5, 0.6) is 0 Å². The van der Waals surface area contributed by atoms with Crippen molar-refractivity contribution in [1.82, 2.24) is 19.9 Å². The topological polar surface area (TPSA) is 53.9 Å². The summed E-state index contributed by atoms with van der Waals surface area (Å²) in [6.45, 7) is 7.48. The Hall–Kier alpha value is -1.24. The average molecular weight is 338 g/mol. The summed E-state index contributed by atoms with van der Waals surface area (Å²) in [5, 5.41) is 5.03. The number of nitrogens with zero attached hydrogens (tertiary/aromatic N) is 4. The molecule has 2 aromatic rings. The molecule has 0 bridgehead atoms. The van der Waals surface area contributed by atoms with Crippen molar-refractivity contribution in [2.45, 2.75) is 32.9 Å². The number of halogens is 1. The Kier molecular flexibility index (Phi) is 4.90. The minimum Gasteiger partial charge on any atom is -0.366 e. The van der Waals surface area contributed by atoms with Gasteiger partial charge in [0.2, 0.25) is 0 Å². The van der Waals surface area contributed by atoms with Crippen LogP contribution in [-0.2, 0) is 6.54 Å². The van der Waals surface area contributed by atoms with Crippen LogP contribution in [0.4, 0.5) is 5.82 Å². The zero-order valence-corrected chi connectivity index (χ0v) is 14.4. The first kappa shape index (κ1) is 15.6. The number of aromatic nitrogens is 3. The molecule has 1 aliphatic heterocycles. The van der Waals surface area contributed by atoms with Crippen LogP contribution in [0, 0.1) is 12.8 Å². The Morgan fingerprint density at radius 1 is 1.41 bits per heavy atom. The van der Waals surface area contributed by atoms with E-state index in [9.17, 15) is 0 Å². The lowest BCUT2D eigenvalue weighted by Crippen LogP contribution is -2.44. The van der Waals surface area contributed by atoms with Crippen LogP contribution in [-0.4, -0.2) is 39.0 Å². The van der Waals surface area contributed by atoms with Crippen molar-refractivity contribution in [2.75, 3.05) is 18.4 Å². The third-order valence-corrected chi connectivity index (χ3v) is 5.06. The van der Waals surface area contributed by atoms with Gasteiger partial charge in [-0.15, -0.1) is 11.3 Å². The van der Waals surface area contributed by atoms with Crippen molar-refractivity contribution >= 4 is 28.8 Å². The van der Waals surface area contributed by atoms with Crippen LogP contribution in [0.1, 0.15) is 23.2 Å². The molecule has 118 valence electrons. The summed E-state index contributed by atoms with van der Waals surface area (Å²) in [6, 6.07) is 0.409. The first-order chi connectivity index (χ1) is 10.6. The number of likely N-dealkylation sites (tertiary alicyclic amines) is 1. The number of nitrogens with one attached hydrogen (secondary N) is 1. The summed E-state index contributed by atoms with van der Waals surface area (Å²) in [5.74, 6) is 1.31. The van der Waals surface area contributed by atoms with E-state index in [0.717, 1.165) is 36.9 Å². The van der Waals surface area contributed by atoms with Gasteiger partial charge >= 0.3 is 0 Å². The predicted molar refractivity (Wildman–Crippen MR) is 90.4 cm³/mol. The van der Waals surface area contributed by atoms with Crippen molar-refractivity contribution in [1.29, 1.82) is 0 Å². The van der Waals surface area contributed by atoms with E-state index in [2.05, 4.69) is 39.0 Å². The third-order valence-electron chi connectivity index (χ3n) is 3.98. The van der Waals surface area contributed by atoms with Crippen molar-refractivity contribution in [3.05, 3.63) is 33.6 Å². The lowest BCUT2D eigenvalue weighted by atomic mass is 9.94. The third kappa shape index (κ3) is 3.94. The van der Waals surface area contributed by atoms with Gasteiger partial charge in [0.05, 0.1) is 17.4 Å². The normalized spacial score (nSPS) is 22.7. The molecule has 0 aliphatic carbocycles. The maximum Gasteiger partial charge on any atom is 0.149 e. The smallest absolute Gasteiger partial charge is 0.149 e. The van der Waals surface area contributed by atoms with E-state index < -0.39 is 0 Å². The molecule has 5 nitrogen and oxygen atoms in total. The van der Waals surface area contributed by atoms with Crippen LogP contribution in [0.25, 0.3) is 0 Å². The number of aryl methyl sites for hydroxylation is 1. The Balaban J connectivity index is 1.55. The van der Waals surface area contributed by atoms with Crippen LogP contribution in [0.3, 0.4) is 0 Å². The van der Waals surface area contributed by atoms with E-state index in [1.54, 1.807) is 23.7 Å². The van der Waals surface area contributed by atoms with Gasteiger partial charge in [0.1, 0.15) is 11.0 Å². The largest absolute Gasteiger partial charge is 0.366 e. The fourth-order valence-corrected chi connectivity index (χ4v) is 3.88. The SMILES string of the molecule is Cc1ncc(CN2CC[C@H](Nc3cncc(Cl)n3)[C@H](C)C2)s1. The van der Waals surface area contributed by atoms with Gasteiger partial charge < -0.3 is 5.32 Å². The number of rotatable bonds is 4. The molecular weight excluding hydrogens is 318 g/mol. The highest BCUT2D eigenvalue weighted by atomic mass is 35.5. The number of hydrogen-bond donors (Lipinski definition) is 1. The summed E-state index contributed by atoms with van der Waals surface area (Å²) in [6.07, 6.45) is 6.37. The molecule has 0 aromatic carbocycles. The van der Waals surface area contributed by atoms with Crippen molar-refractivity contribution < 1.29 is 0 Å². The average Bonchev–Trinajstić information content (AvgIpc) is 2.87. The van der Waals surface area contributed by atoms with Gasteiger partial charge in [-0.05, 0) is 19.3 Å². The lowest BCUT2D eigenvalue weighted by Gasteiger charge is -2.37. The second-order valence-corrected chi connectivity index (χ2v) is 7.53. The Morgan fingerprint density at radius 2 is 2.27 bits per heavy atom. The van der Waals surface area contributed by atoms with E-state index in [1.807, 2.05) is 6.20 Å². The van der Waals surface area contributed by atoms with E-state index >= 15 is 0 Å². The number of hydrogen-bond acceptors (Lipinski definition) is 6. The fraction of sp³-hybridized carbons (Fsp3) is 0.533. The molecule has 22 heavy (non-hydrogen) atoms. The zero-order chi connectivity index (χ0) is 15.5. The van der Waals surface area contributed by atoms with Gasteiger partial charge in [0.25, 0.3) is 0 Å². The van der Waals surface area contributed by atoms with Crippen LogP contribution in [0.15, 0.2) is 18.6 Å². The molecule has 1 fully saturated rings. The fourth-order valence-electron chi connectivity index (χ4n) is 2.89. The van der Waals surface area contributed by atoms with Crippen molar-refractivity contribution in [2.24, 2.45) is 5.92 Å². The molecular formula is C15H20ClN5S. The second-order valence-electron chi connectivity index (χ2n) is 5.82. The molecule has 0 unspecified atom stereocenters. The Labute approximate surface area is 139 Å². The number of piperidine rings is 1. The first-order valence-electron chi connectivity index (χ1n) is 7.48. The Morgan fingerprint density at radius 3 is 2.95 bits per heavy atom. The standard InChI is InChI=1S/C15H20ClN5S/c1-10-8-21(9-12-5-18-11(2)22-12)4-3-13(10)19-15-7-17-6-14(16)20-15/h5-7,10,13H,3-4,8-9H2,1-2H3,(H,19,20)/t10-,13+/m1/s1. The number of thiazole rings is 1. The molecule has 0 amide bonds. The molecule has 1 aliphatic rings. The molecule has 2 atom stereocenters. The van der Waals surface area contributed by atoms with Gasteiger partial charge in [-0.3, -0.25) is 9.88 Å². The molecule has 1 N–H and O–H groups in total. The van der Waals surface area contributed by atoms with Crippen LogP contribution >= 0.6 is 22.9 Å². The van der Waals surface area contributed by atoms with E-state index in [0.29, 0.717) is 17.1 Å². The van der Waals surface area contributed by atoms with Crippen molar-refractivity contribution in [3.63, 3.8) is 0 Å².